The molecule has 0 saturated carbocycles. The van der Waals surface area contributed by atoms with Gasteiger partial charge in [0.25, 0.3) is 11.6 Å². The number of hydrogen-bond acceptors (Lipinski definition) is 7. The molecule has 0 aliphatic heterocycles. The van der Waals surface area contributed by atoms with E-state index in [9.17, 15) is 19.7 Å². The second-order valence-corrected chi connectivity index (χ2v) is 5.21. The molecular weight excluding hydrogens is 356 g/mol. The number of nitrogens with one attached hydrogen (secondary N) is 1. The number of ether oxygens (including phenoxy) is 3. The van der Waals surface area contributed by atoms with Crippen molar-refractivity contribution in [3.05, 3.63) is 64.7 Å². The monoisotopic (exact) mass is 374 g/mol. The molecule has 0 bridgehead atoms. The Morgan fingerprint density at radius 3 is 2.26 bits per heavy atom. The first-order chi connectivity index (χ1) is 13.0. The molecule has 0 spiro atoms. The van der Waals surface area contributed by atoms with Crippen LogP contribution in [0.2, 0.25) is 0 Å². The van der Waals surface area contributed by atoms with Gasteiger partial charge in [0.2, 0.25) is 0 Å². The average Bonchev–Trinajstić information content (AvgIpc) is 2.69. The number of esters is 1. The molecule has 2 rings (SSSR count). The molecule has 9 nitrogen and oxygen atoms in total. The second kappa shape index (κ2) is 10.4. The van der Waals surface area contributed by atoms with Crippen molar-refractivity contribution >= 4 is 17.6 Å². The number of rotatable bonds is 10. The van der Waals surface area contributed by atoms with E-state index in [1.54, 1.807) is 12.1 Å². The SMILES string of the molecule is O=C(COC(=O)COc1ccc([N+](=O)[O-])cc1)NCCOc1ccccc1. The van der Waals surface area contributed by atoms with Crippen LogP contribution in [0, 0.1) is 10.1 Å². The average molecular weight is 374 g/mol. The number of nitro benzene ring substituents is 1. The Morgan fingerprint density at radius 1 is 0.926 bits per heavy atom. The third-order valence-electron chi connectivity index (χ3n) is 3.20. The van der Waals surface area contributed by atoms with Crippen LogP contribution in [-0.4, -0.2) is 43.2 Å². The molecule has 1 N–H and O–H groups in total. The van der Waals surface area contributed by atoms with Crippen molar-refractivity contribution in [2.24, 2.45) is 0 Å². The molecule has 0 radical (unpaired) electrons. The first kappa shape index (κ1) is 19.7. The van der Waals surface area contributed by atoms with E-state index in [0.717, 1.165) is 0 Å². The maximum Gasteiger partial charge on any atom is 0.344 e. The van der Waals surface area contributed by atoms with Crippen molar-refractivity contribution in [2.75, 3.05) is 26.4 Å². The third-order valence-corrected chi connectivity index (χ3v) is 3.20. The Bertz CT molecular complexity index is 763. The normalized spacial score (nSPS) is 9.93. The first-order valence-electron chi connectivity index (χ1n) is 8.02. The standard InChI is InChI=1S/C18H18N2O7/c21-17(19-10-11-25-15-4-2-1-3-5-15)12-27-18(22)13-26-16-8-6-14(7-9-16)20(23)24/h1-9H,10-13H2,(H,19,21). The van der Waals surface area contributed by atoms with Crippen molar-refractivity contribution in [3.63, 3.8) is 0 Å². The number of carbonyl (C=O) groups is 2. The van der Waals surface area contributed by atoms with E-state index >= 15 is 0 Å². The minimum atomic E-state index is -0.732. The molecule has 9 heteroatoms. The third kappa shape index (κ3) is 7.43. The Hall–Kier alpha value is -3.62. The van der Waals surface area contributed by atoms with Gasteiger partial charge in [-0.25, -0.2) is 4.79 Å². The molecule has 0 aliphatic carbocycles. The van der Waals surface area contributed by atoms with E-state index in [2.05, 4.69) is 5.32 Å². The van der Waals surface area contributed by atoms with Gasteiger partial charge in [0.05, 0.1) is 11.5 Å². The smallest absolute Gasteiger partial charge is 0.344 e. The Balaban J connectivity index is 1.57. The summed E-state index contributed by atoms with van der Waals surface area (Å²) in [6.07, 6.45) is 0. The molecule has 142 valence electrons. The maximum atomic E-state index is 11.6. The van der Waals surface area contributed by atoms with Gasteiger partial charge in [-0.15, -0.1) is 0 Å². The lowest BCUT2D eigenvalue weighted by Gasteiger charge is -2.09. The van der Waals surface area contributed by atoms with E-state index in [0.29, 0.717) is 5.75 Å². The molecule has 2 aromatic rings. The van der Waals surface area contributed by atoms with E-state index in [1.807, 2.05) is 18.2 Å². The summed E-state index contributed by atoms with van der Waals surface area (Å²) in [7, 11) is 0. The van der Waals surface area contributed by atoms with Crippen LogP contribution in [0.25, 0.3) is 0 Å². The van der Waals surface area contributed by atoms with Crippen molar-refractivity contribution in [1.82, 2.24) is 5.32 Å². The number of nitrogens with zero attached hydrogens (tertiary/aromatic N) is 1. The summed E-state index contributed by atoms with van der Waals surface area (Å²) >= 11 is 0. The molecule has 0 aliphatic rings. The summed E-state index contributed by atoms with van der Waals surface area (Å²) in [5.41, 5.74) is -0.0853. The van der Waals surface area contributed by atoms with Gasteiger partial charge in [0.1, 0.15) is 18.1 Å². The highest BCUT2D eigenvalue weighted by Gasteiger charge is 2.09. The van der Waals surface area contributed by atoms with Gasteiger partial charge in [-0.3, -0.25) is 14.9 Å². The van der Waals surface area contributed by atoms with Crippen LogP contribution in [0.3, 0.4) is 0 Å². The number of benzene rings is 2. The Morgan fingerprint density at radius 2 is 1.59 bits per heavy atom. The quantitative estimate of drug-likeness (QED) is 0.291. The number of carbonyl (C=O) groups excluding carboxylic acids is 2. The molecular formula is C18H18N2O7. The highest BCUT2D eigenvalue weighted by atomic mass is 16.6. The second-order valence-electron chi connectivity index (χ2n) is 5.21. The van der Waals surface area contributed by atoms with Gasteiger partial charge in [-0.05, 0) is 24.3 Å². The molecule has 0 saturated heterocycles. The minimum Gasteiger partial charge on any atom is -0.492 e. The van der Waals surface area contributed by atoms with Crippen LogP contribution < -0.4 is 14.8 Å². The van der Waals surface area contributed by atoms with E-state index in [1.165, 1.54) is 24.3 Å². The Labute approximate surface area is 155 Å². The zero-order chi connectivity index (χ0) is 19.5. The number of amides is 1. The fraction of sp³-hybridized carbons (Fsp3) is 0.222. The van der Waals surface area contributed by atoms with Crippen LogP contribution in [0.4, 0.5) is 5.69 Å². The van der Waals surface area contributed by atoms with Crippen molar-refractivity contribution in [2.45, 2.75) is 0 Å². The summed E-state index contributed by atoms with van der Waals surface area (Å²) < 4.78 is 15.3. The summed E-state index contributed by atoms with van der Waals surface area (Å²) in [4.78, 5) is 33.1. The summed E-state index contributed by atoms with van der Waals surface area (Å²) in [6, 6.07) is 14.4. The van der Waals surface area contributed by atoms with Crippen LogP contribution in [-0.2, 0) is 14.3 Å². The van der Waals surface area contributed by atoms with Crippen LogP contribution in [0.5, 0.6) is 11.5 Å². The fourth-order valence-electron chi connectivity index (χ4n) is 1.92. The van der Waals surface area contributed by atoms with E-state index in [4.69, 9.17) is 14.2 Å². The van der Waals surface area contributed by atoms with Crippen LogP contribution >= 0.6 is 0 Å². The van der Waals surface area contributed by atoms with Crippen molar-refractivity contribution < 1.29 is 28.7 Å². The molecule has 27 heavy (non-hydrogen) atoms. The number of nitro groups is 1. The number of para-hydroxylation sites is 1. The zero-order valence-corrected chi connectivity index (χ0v) is 14.3. The predicted molar refractivity (Wildman–Crippen MR) is 94.5 cm³/mol. The lowest BCUT2D eigenvalue weighted by molar-refractivity contribution is -0.384. The molecule has 0 unspecified atom stereocenters. The largest absolute Gasteiger partial charge is 0.492 e. The number of non-ortho nitro benzene ring substituents is 1. The molecule has 1 amide bonds. The van der Waals surface area contributed by atoms with Gasteiger partial charge in [-0.2, -0.15) is 0 Å². The minimum absolute atomic E-state index is 0.0853. The highest BCUT2D eigenvalue weighted by molar-refractivity contribution is 5.80. The summed E-state index contributed by atoms with van der Waals surface area (Å²) in [6.45, 7) is -0.298. The highest BCUT2D eigenvalue weighted by Crippen LogP contribution is 2.17. The van der Waals surface area contributed by atoms with Crippen molar-refractivity contribution in [1.29, 1.82) is 0 Å². The first-order valence-corrected chi connectivity index (χ1v) is 8.02. The van der Waals surface area contributed by atoms with Crippen LogP contribution in [0.1, 0.15) is 0 Å². The van der Waals surface area contributed by atoms with Gasteiger partial charge < -0.3 is 19.5 Å². The zero-order valence-electron chi connectivity index (χ0n) is 14.3. The summed E-state index contributed by atoms with van der Waals surface area (Å²) in [5.74, 6) is -0.221. The van der Waals surface area contributed by atoms with Gasteiger partial charge in [0.15, 0.2) is 13.2 Å². The maximum absolute atomic E-state index is 11.6. The molecule has 0 heterocycles. The predicted octanol–water partition coefficient (Wildman–Crippen LogP) is 1.71. The van der Waals surface area contributed by atoms with Gasteiger partial charge in [-0.1, -0.05) is 18.2 Å². The van der Waals surface area contributed by atoms with E-state index in [-0.39, 0.29) is 24.6 Å². The molecule has 0 fully saturated rings. The topological polar surface area (TPSA) is 117 Å². The fourth-order valence-corrected chi connectivity index (χ4v) is 1.92. The molecule has 0 atom stereocenters. The lowest BCUT2D eigenvalue weighted by atomic mass is 10.3. The number of hydrogen-bond donors (Lipinski definition) is 1. The van der Waals surface area contributed by atoms with Crippen molar-refractivity contribution in [3.8, 4) is 11.5 Å². The molecule has 2 aromatic carbocycles. The van der Waals surface area contributed by atoms with Gasteiger partial charge >= 0.3 is 5.97 Å². The lowest BCUT2D eigenvalue weighted by Crippen LogP contribution is -2.32. The Kier molecular flexibility index (Phi) is 7.58. The van der Waals surface area contributed by atoms with E-state index < -0.39 is 30.0 Å². The van der Waals surface area contributed by atoms with Gasteiger partial charge in [0, 0.05) is 12.1 Å². The molecule has 0 aromatic heterocycles. The summed E-state index contributed by atoms with van der Waals surface area (Å²) in [5, 5.41) is 13.1. The van der Waals surface area contributed by atoms with Crippen LogP contribution in [0.15, 0.2) is 54.6 Å².